The Morgan fingerprint density at radius 3 is 2.86 bits per heavy atom. The van der Waals surface area contributed by atoms with Crippen LogP contribution in [0.2, 0.25) is 0 Å². The van der Waals surface area contributed by atoms with Crippen LogP contribution < -0.4 is 4.74 Å². The number of benzene rings is 1. The molecule has 0 aliphatic heterocycles. The highest BCUT2D eigenvalue weighted by atomic mass is 16.5. The van der Waals surface area contributed by atoms with E-state index in [0.29, 0.717) is 30.1 Å². The Balaban J connectivity index is 1.58. The average Bonchev–Trinajstić information content (AvgIpc) is 3.02. The fourth-order valence-corrected chi connectivity index (χ4v) is 6.45. The van der Waals surface area contributed by atoms with E-state index >= 15 is 0 Å². The van der Waals surface area contributed by atoms with Gasteiger partial charge in [-0.05, 0) is 78.5 Å². The highest BCUT2D eigenvalue weighted by Gasteiger charge is 2.52. The van der Waals surface area contributed by atoms with Crippen molar-refractivity contribution in [3.8, 4) is 11.5 Å². The number of methoxy groups -OCH3 is 1. The topological polar surface area (TPSA) is 55.8 Å². The van der Waals surface area contributed by atoms with E-state index in [1.807, 2.05) is 6.07 Å². The van der Waals surface area contributed by atoms with Gasteiger partial charge in [0.05, 0.1) is 13.7 Å². The number of phenolic OH excluding ortho intramolecular Hbond substituents is 1. The first-order chi connectivity index (χ1) is 13.3. The molecule has 4 heteroatoms. The lowest BCUT2D eigenvalue weighted by Crippen LogP contribution is -2.42. The second-order valence-corrected chi connectivity index (χ2v) is 9.19. The zero-order valence-electron chi connectivity index (χ0n) is 17.5. The van der Waals surface area contributed by atoms with Gasteiger partial charge in [-0.2, -0.15) is 0 Å². The van der Waals surface area contributed by atoms with Crippen molar-refractivity contribution in [3.63, 3.8) is 0 Å². The molecule has 28 heavy (non-hydrogen) atoms. The molecular formula is C24H32O4. The molecule has 0 spiro atoms. The van der Waals surface area contributed by atoms with Crippen molar-refractivity contribution < 1.29 is 19.4 Å². The number of hydrogen-bond acceptors (Lipinski definition) is 4. The van der Waals surface area contributed by atoms with Crippen LogP contribution in [0.5, 0.6) is 11.5 Å². The SMILES string of the molecule is COc1cc2c(cc1O)CCC1C2CC[C@]2(C)C([C@H](C)COC(C)=O)=CCC12. The van der Waals surface area contributed by atoms with E-state index in [1.165, 1.54) is 30.0 Å². The number of allylic oxidation sites excluding steroid dienone is 1. The van der Waals surface area contributed by atoms with Crippen molar-refractivity contribution in [2.75, 3.05) is 13.7 Å². The lowest BCUT2D eigenvalue weighted by molar-refractivity contribution is -0.141. The molecule has 0 saturated heterocycles. The lowest BCUT2D eigenvalue weighted by atomic mass is 9.53. The van der Waals surface area contributed by atoms with Crippen LogP contribution in [0.25, 0.3) is 0 Å². The number of aryl methyl sites for hydroxylation is 1. The van der Waals surface area contributed by atoms with E-state index < -0.39 is 0 Å². The second-order valence-electron chi connectivity index (χ2n) is 9.19. The highest BCUT2D eigenvalue weighted by Crippen LogP contribution is 2.62. The highest BCUT2D eigenvalue weighted by molar-refractivity contribution is 5.65. The van der Waals surface area contributed by atoms with Gasteiger partial charge in [0.2, 0.25) is 0 Å². The van der Waals surface area contributed by atoms with Gasteiger partial charge in [-0.25, -0.2) is 0 Å². The predicted octanol–water partition coefficient (Wildman–Crippen LogP) is 4.99. The van der Waals surface area contributed by atoms with Crippen LogP contribution in [0.3, 0.4) is 0 Å². The normalized spacial score (nSPS) is 31.9. The molecule has 1 N–H and O–H groups in total. The van der Waals surface area contributed by atoms with Crippen molar-refractivity contribution >= 4 is 5.97 Å². The molecule has 1 saturated carbocycles. The molecule has 1 fully saturated rings. The van der Waals surface area contributed by atoms with Crippen molar-refractivity contribution in [1.82, 2.24) is 0 Å². The fourth-order valence-electron chi connectivity index (χ4n) is 6.45. The first-order valence-electron chi connectivity index (χ1n) is 10.6. The molecule has 3 aliphatic carbocycles. The minimum Gasteiger partial charge on any atom is -0.504 e. The summed E-state index contributed by atoms with van der Waals surface area (Å²) in [6.45, 7) is 6.59. The van der Waals surface area contributed by atoms with Crippen LogP contribution in [0, 0.1) is 23.2 Å². The summed E-state index contributed by atoms with van der Waals surface area (Å²) < 4.78 is 10.7. The first kappa shape index (κ1) is 19.4. The van der Waals surface area contributed by atoms with E-state index in [0.717, 1.165) is 25.7 Å². The summed E-state index contributed by atoms with van der Waals surface area (Å²) in [5.41, 5.74) is 4.37. The average molecular weight is 385 g/mol. The molecule has 0 bridgehead atoms. The smallest absolute Gasteiger partial charge is 0.302 e. The number of esters is 1. The Labute approximate surface area is 167 Å². The summed E-state index contributed by atoms with van der Waals surface area (Å²) in [6, 6.07) is 3.99. The summed E-state index contributed by atoms with van der Waals surface area (Å²) in [5.74, 6) is 2.79. The maximum absolute atomic E-state index is 11.2. The summed E-state index contributed by atoms with van der Waals surface area (Å²) in [6.07, 6.45) is 8.10. The van der Waals surface area contributed by atoms with Gasteiger partial charge in [-0.1, -0.05) is 25.5 Å². The van der Waals surface area contributed by atoms with Crippen molar-refractivity contribution in [2.24, 2.45) is 23.2 Å². The van der Waals surface area contributed by atoms with Gasteiger partial charge < -0.3 is 14.6 Å². The van der Waals surface area contributed by atoms with E-state index in [1.54, 1.807) is 7.11 Å². The summed E-state index contributed by atoms with van der Waals surface area (Å²) in [5, 5.41) is 10.2. The van der Waals surface area contributed by atoms with Crippen molar-refractivity contribution in [1.29, 1.82) is 0 Å². The summed E-state index contributed by atoms with van der Waals surface area (Å²) >= 11 is 0. The molecule has 4 nitrogen and oxygen atoms in total. The molecule has 0 radical (unpaired) electrons. The Bertz CT molecular complexity index is 811. The van der Waals surface area contributed by atoms with E-state index in [2.05, 4.69) is 26.0 Å². The largest absolute Gasteiger partial charge is 0.504 e. The number of carbonyl (C=O) groups excluding carboxylic acids is 1. The summed E-state index contributed by atoms with van der Waals surface area (Å²) in [7, 11) is 1.62. The number of carbonyl (C=O) groups is 1. The Hall–Kier alpha value is -1.97. The van der Waals surface area contributed by atoms with Crippen LogP contribution >= 0.6 is 0 Å². The van der Waals surface area contributed by atoms with E-state index in [4.69, 9.17) is 9.47 Å². The maximum Gasteiger partial charge on any atom is 0.302 e. The molecule has 0 aromatic heterocycles. The fraction of sp³-hybridized carbons (Fsp3) is 0.625. The molecule has 1 aromatic rings. The minimum absolute atomic E-state index is 0.197. The van der Waals surface area contributed by atoms with Gasteiger partial charge in [-0.3, -0.25) is 4.79 Å². The van der Waals surface area contributed by atoms with Crippen LogP contribution in [0.4, 0.5) is 0 Å². The Kier molecular flexibility index (Phi) is 4.93. The molecule has 3 unspecified atom stereocenters. The number of rotatable bonds is 4. The molecule has 152 valence electrons. The monoisotopic (exact) mass is 384 g/mol. The zero-order chi connectivity index (χ0) is 20.1. The molecule has 1 aromatic carbocycles. The molecule has 3 aliphatic rings. The number of fused-ring (bicyclic) bond motifs is 5. The predicted molar refractivity (Wildman–Crippen MR) is 109 cm³/mol. The number of aromatic hydroxyl groups is 1. The van der Waals surface area contributed by atoms with Crippen LogP contribution in [0.1, 0.15) is 63.5 Å². The standard InChI is InChI=1S/C24H32O4/c1-14(13-28-15(2)25)20-7-8-21-18-6-5-16-11-22(26)23(27-4)12-19(16)17(18)9-10-24(20,21)3/h7,11-12,14,17-18,21,26H,5-6,8-10,13H2,1-4H3/t14-,17?,18?,21?,24-/m1/s1. The Morgan fingerprint density at radius 2 is 2.14 bits per heavy atom. The summed E-state index contributed by atoms with van der Waals surface area (Å²) in [4.78, 5) is 11.2. The quantitative estimate of drug-likeness (QED) is 0.587. The van der Waals surface area contributed by atoms with Crippen LogP contribution in [0.15, 0.2) is 23.8 Å². The van der Waals surface area contributed by atoms with Crippen molar-refractivity contribution in [2.45, 2.75) is 58.8 Å². The minimum atomic E-state index is -0.197. The van der Waals surface area contributed by atoms with Gasteiger partial charge in [0.15, 0.2) is 11.5 Å². The lowest BCUT2D eigenvalue weighted by Gasteiger charge is -2.51. The van der Waals surface area contributed by atoms with Crippen molar-refractivity contribution in [3.05, 3.63) is 34.9 Å². The van der Waals surface area contributed by atoms with Crippen LogP contribution in [-0.2, 0) is 16.0 Å². The third kappa shape index (κ3) is 3.01. The van der Waals surface area contributed by atoms with Gasteiger partial charge in [0.25, 0.3) is 0 Å². The van der Waals surface area contributed by atoms with E-state index in [9.17, 15) is 9.90 Å². The number of ether oxygens (including phenoxy) is 2. The molecule has 5 atom stereocenters. The van der Waals surface area contributed by atoms with E-state index in [-0.39, 0.29) is 23.1 Å². The molecule has 0 heterocycles. The van der Waals surface area contributed by atoms with Gasteiger partial charge >= 0.3 is 5.97 Å². The second kappa shape index (κ2) is 7.13. The third-order valence-corrected chi connectivity index (χ3v) is 7.73. The zero-order valence-corrected chi connectivity index (χ0v) is 17.5. The number of hydrogen-bond donors (Lipinski definition) is 1. The van der Waals surface area contributed by atoms with Crippen LogP contribution in [-0.4, -0.2) is 24.8 Å². The maximum atomic E-state index is 11.2. The van der Waals surface area contributed by atoms with Gasteiger partial charge in [0.1, 0.15) is 0 Å². The Morgan fingerprint density at radius 1 is 1.36 bits per heavy atom. The first-order valence-corrected chi connectivity index (χ1v) is 10.6. The number of phenols is 1. The molecule has 0 amide bonds. The van der Waals surface area contributed by atoms with Gasteiger partial charge in [0, 0.05) is 12.8 Å². The van der Waals surface area contributed by atoms with Gasteiger partial charge in [-0.15, -0.1) is 0 Å². The third-order valence-electron chi connectivity index (χ3n) is 7.73. The molecular weight excluding hydrogens is 352 g/mol. The molecule has 4 rings (SSSR count).